The van der Waals surface area contributed by atoms with Gasteiger partial charge in [-0.25, -0.2) is 9.37 Å². The Labute approximate surface area is 136 Å². The minimum absolute atomic E-state index is 0.182. The second-order valence-electron chi connectivity index (χ2n) is 5.78. The molecule has 1 aromatic carbocycles. The van der Waals surface area contributed by atoms with Crippen molar-refractivity contribution < 1.29 is 9.13 Å². The van der Waals surface area contributed by atoms with Gasteiger partial charge in [-0.2, -0.15) is 0 Å². The highest BCUT2D eigenvalue weighted by Crippen LogP contribution is 2.26. The van der Waals surface area contributed by atoms with Crippen molar-refractivity contribution in [3.8, 4) is 5.75 Å². The van der Waals surface area contributed by atoms with Crippen LogP contribution in [0.5, 0.6) is 5.75 Å². The first-order valence-corrected chi connectivity index (χ1v) is 7.92. The van der Waals surface area contributed by atoms with E-state index in [0.29, 0.717) is 5.75 Å². The van der Waals surface area contributed by atoms with Crippen LogP contribution in [0.2, 0.25) is 0 Å². The number of methoxy groups -OCH3 is 1. The Morgan fingerprint density at radius 2 is 1.91 bits per heavy atom. The van der Waals surface area contributed by atoms with Crippen LogP contribution < -0.4 is 9.64 Å². The molecule has 1 fully saturated rings. The molecule has 2 heterocycles. The van der Waals surface area contributed by atoms with Gasteiger partial charge in [-0.1, -0.05) is 12.1 Å². The minimum Gasteiger partial charge on any atom is -0.494 e. The van der Waals surface area contributed by atoms with Gasteiger partial charge in [0.25, 0.3) is 0 Å². The highest BCUT2D eigenvalue weighted by atomic mass is 19.1. The predicted octanol–water partition coefficient (Wildman–Crippen LogP) is 3.11. The van der Waals surface area contributed by atoms with E-state index in [9.17, 15) is 4.39 Å². The van der Waals surface area contributed by atoms with E-state index in [4.69, 9.17) is 4.74 Å². The molecule has 0 saturated carbocycles. The second-order valence-corrected chi connectivity index (χ2v) is 5.78. The summed E-state index contributed by atoms with van der Waals surface area (Å²) in [6.45, 7) is 5.86. The number of pyridine rings is 1. The number of benzene rings is 1. The maximum absolute atomic E-state index is 13.9. The van der Waals surface area contributed by atoms with Crippen LogP contribution in [0.1, 0.15) is 18.5 Å². The number of ether oxygens (including phenoxy) is 1. The molecule has 122 valence electrons. The zero-order valence-corrected chi connectivity index (χ0v) is 13.6. The average Bonchev–Trinajstić information content (AvgIpc) is 2.62. The highest BCUT2D eigenvalue weighted by Gasteiger charge is 2.23. The summed E-state index contributed by atoms with van der Waals surface area (Å²) in [5.41, 5.74) is 0.981. The largest absolute Gasteiger partial charge is 0.494 e. The van der Waals surface area contributed by atoms with Crippen molar-refractivity contribution in [2.24, 2.45) is 0 Å². The van der Waals surface area contributed by atoms with Gasteiger partial charge in [0.05, 0.1) is 7.11 Å². The van der Waals surface area contributed by atoms with Crippen LogP contribution in [0.3, 0.4) is 0 Å². The maximum Gasteiger partial charge on any atom is 0.165 e. The van der Waals surface area contributed by atoms with Gasteiger partial charge in [-0.05, 0) is 36.8 Å². The molecule has 2 aromatic rings. The van der Waals surface area contributed by atoms with E-state index >= 15 is 0 Å². The molecule has 5 heteroatoms. The van der Waals surface area contributed by atoms with Crippen LogP contribution >= 0.6 is 0 Å². The number of rotatable bonds is 4. The van der Waals surface area contributed by atoms with Gasteiger partial charge < -0.3 is 9.64 Å². The third-order valence-electron chi connectivity index (χ3n) is 4.49. The van der Waals surface area contributed by atoms with Crippen molar-refractivity contribution >= 4 is 5.82 Å². The van der Waals surface area contributed by atoms with Crippen molar-refractivity contribution in [2.45, 2.75) is 13.0 Å². The molecule has 0 aliphatic carbocycles. The number of halogens is 1. The van der Waals surface area contributed by atoms with Crippen molar-refractivity contribution in [1.82, 2.24) is 9.88 Å². The van der Waals surface area contributed by atoms with Gasteiger partial charge in [0.2, 0.25) is 0 Å². The molecule has 1 saturated heterocycles. The first kappa shape index (κ1) is 15.7. The number of nitrogens with zero attached hydrogens (tertiary/aromatic N) is 3. The summed E-state index contributed by atoms with van der Waals surface area (Å²) < 4.78 is 18.9. The molecule has 3 rings (SSSR count). The molecule has 1 unspecified atom stereocenters. The lowest BCUT2D eigenvalue weighted by atomic mass is 10.1. The quantitative estimate of drug-likeness (QED) is 0.867. The van der Waals surface area contributed by atoms with Crippen molar-refractivity contribution in [2.75, 3.05) is 38.2 Å². The molecule has 1 aromatic heterocycles. The van der Waals surface area contributed by atoms with E-state index in [2.05, 4.69) is 21.7 Å². The first-order chi connectivity index (χ1) is 11.2. The van der Waals surface area contributed by atoms with Gasteiger partial charge in [0.1, 0.15) is 5.82 Å². The van der Waals surface area contributed by atoms with Crippen LogP contribution in [0.4, 0.5) is 10.2 Å². The molecule has 0 spiro atoms. The van der Waals surface area contributed by atoms with E-state index in [1.807, 2.05) is 30.5 Å². The Kier molecular flexibility index (Phi) is 4.76. The molecule has 0 amide bonds. The zero-order valence-electron chi connectivity index (χ0n) is 13.6. The van der Waals surface area contributed by atoms with Crippen molar-refractivity contribution in [3.63, 3.8) is 0 Å². The number of piperazine rings is 1. The molecule has 1 aliphatic heterocycles. The number of hydrogen-bond acceptors (Lipinski definition) is 4. The van der Waals surface area contributed by atoms with Crippen LogP contribution in [0, 0.1) is 5.82 Å². The third kappa shape index (κ3) is 3.45. The van der Waals surface area contributed by atoms with Crippen LogP contribution in [0.25, 0.3) is 0 Å². The van der Waals surface area contributed by atoms with E-state index < -0.39 is 0 Å². The molecule has 0 radical (unpaired) electrons. The van der Waals surface area contributed by atoms with E-state index in [-0.39, 0.29) is 11.9 Å². The molecular formula is C18H22FN3O. The summed E-state index contributed by atoms with van der Waals surface area (Å²) in [4.78, 5) is 9.07. The molecule has 1 atom stereocenters. The fourth-order valence-electron chi connectivity index (χ4n) is 3.03. The SMILES string of the molecule is COc1ccc(C(C)N2CCN(c3ccccn3)CC2)cc1F. The normalized spacial score (nSPS) is 17.1. The van der Waals surface area contributed by atoms with E-state index in [1.54, 1.807) is 12.1 Å². The van der Waals surface area contributed by atoms with Gasteiger partial charge in [-0.3, -0.25) is 4.90 Å². The first-order valence-electron chi connectivity index (χ1n) is 7.92. The topological polar surface area (TPSA) is 28.6 Å². The minimum atomic E-state index is -0.302. The van der Waals surface area contributed by atoms with Crippen molar-refractivity contribution in [3.05, 3.63) is 54.0 Å². The standard InChI is InChI=1S/C18H22FN3O/c1-14(15-6-7-17(23-2)16(19)13-15)21-9-11-22(12-10-21)18-5-3-4-8-20-18/h3-8,13-14H,9-12H2,1-2H3. The predicted molar refractivity (Wildman–Crippen MR) is 89.4 cm³/mol. The number of aromatic nitrogens is 1. The molecule has 23 heavy (non-hydrogen) atoms. The number of anilines is 1. The van der Waals surface area contributed by atoms with E-state index in [1.165, 1.54) is 7.11 Å². The average molecular weight is 315 g/mol. The molecule has 4 nitrogen and oxygen atoms in total. The van der Waals surface area contributed by atoms with E-state index in [0.717, 1.165) is 37.6 Å². The second kappa shape index (κ2) is 6.96. The summed E-state index contributed by atoms with van der Waals surface area (Å²) in [6.07, 6.45) is 1.82. The molecule has 1 aliphatic rings. The fourth-order valence-corrected chi connectivity index (χ4v) is 3.03. The molecule has 0 bridgehead atoms. The summed E-state index contributed by atoms with van der Waals surface area (Å²) in [5.74, 6) is 1.01. The monoisotopic (exact) mass is 315 g/mol. The summed E-state index contributed by atoms with van der Waals surface area (Å²) in [7, 11) is 1.48. The maximum atomic E-state index is 13.9. The van der Waals surface area contributed by atoms with Gasteiger partial charge in [0.15, 0.2) is 11.6 Å². The van der Waals surface area contributed by atoms with Gasteiger partial charge >= 0.3 is 0 Å². The summed E-state index contributed by atoms with van der Waals surface area (Å²) in [6, 6.07) is 11.4. The highest BCUT2D eigenvalue weighted by molar-refractivity contribution is 5.38. The van der Waals surface area contributed by atoms with Crippen LogP contribution in [-0.2, 0) is 0 Å². The smallest absolute Gasteiger partial charge is 0.165 e. The van der Waals surface area contributed by atoms with Gasteiger partial charge in [-0.15, -0.1) is 0 Å². The third-order valence-corrected chi connectivity index (χ3v) is 4.49. The Hall–Kier alpha value is -2.14. The fraction of sp³-hybridized carbons (Fsp3) is 0.389. The Morgan fingerprint density at radius 1 is 1.13 bits per heavy atom. The molecule has 0 N–H and O–H groups in total. The van der Waals surface area contributed by atoms with Gasteiger partial charge in [0, 0.05) is 38.4 Å². The lowest BCUT2D eigenvalue weighted by molar-refractivity contribution is 0.197. The summed E-state index contributed by atoms with van der Waals surface area (Å²) in [5, 5.41) is 0. The Bertz CT molecular complexity index is 642. The van der Waals surface area contributed by atoms with Crippen molar-refractivity contribution in [1.29, 1.82) is 0 Å². The summed E-state index contributed by atoms with van der Waals surface area (Å²) >= 11 is 0. The lowest BCUT2D eigenvalue weighted by Gasteiger charge is -2.38. The molecular weight excluding hydrogens is 293 g/mol. The van der Waals surface area contributed by atoms with Crippen LogP contribution in [-0.4, -0.2) is 43.2 Å². The Morgan fingerprint density at radius 3 is 2.52 bits per heavy atom. The Balaban J connectivity index is 1.64. The zero-order chi connectivity index (χ0) is 16.2. The van der Waals surface area contributed by atoms with Crippen LogP contribution in [0.15, 0.2) is 42.6 Å². The lowest BCUT2D eigenvalue weighted by Crippen LogP contribution is -2.47. The number of hydrogen-bond donors (Lipinski definition) is 0.